The van der Waals surface area contributed by atoms with Crippen molar-refractivity contribution in [3.8, 4) is 5.75 Å². The van der Waals surface area contributed by atoms with Gasteiger partial charge in [0.1, 0.15) is 18.5 Å². The first-order valence-electron chi connectivity index (χ1n) is 8.97. The number of ether oxygens (including phenoxy) is 1. The van der Waals surface area contributed by atoms with Gasteiger partial charge < -0.3 is 9.30 Å². The van der Waals surface area contributed by atoms with E-state index in [9.17, 15) is 4.39 Å². The molecule has 3 aromatic rings. The average molecular weight is 347 g/mol. The number of aromatic nitrogens is 1. The van der Waals surface area contributed by atoms with Crippen LogP contribution in [-0.2, 0) is 13.2 Å². The molecule has 2 atom stereocenters. The molecule has 0 radical (unpaired) electrons. The minimum Gasteiger partial charge on any atom is -0.489 e. The second-order valence-electron chi connectivity index (χ2n) is 6.84. The quantitative estimate of drug-likeness (QED) is 0.578. The zero-order valence-corrected chi connectivity index (χ0v) is 14.8. The van der Waals surface area contributed by atoms with Crippen molar-refractivity contribution in [2.75, 3.05) is 0 Å². The number of halogens is 1. The van der Waals surface area contributed by atoms with Crippen LogP contribution in [-0.4, -0.2) is 10.7 Å². The molecule has 1 aliphatic rings. The third-order valence-electron chi connectivity index (χ3n) is 4.82. The van der Waals surface area contributed by atoms with Gasteiger partial charge in [-0.1, -0.05) is 49.4 Å². The fourth-order valence-electron chi connectivity index (χ4n) is 3.32. The summed E-state index contributed by atoms with van der Waals surface area (Å²) < 4.78 is 21.7. The van der Waals surface area contributed by atoms with Crippen molar-refractivity contribution in [3.05, 3.63) is 90.2 Å². The van der Waals surface area contributed by atoms with E-state index in [4.69, 9.17) is 4.74 Å². The predicted molar refractivity (Wildman–Crippen MR) is 104 cm³/mol. The molecular weight excluding hydrogens is 325 g/mol. The molecule has 0 fully saturated rings. The molecule has 0 saturated heterocycles. The van der Waals surface area contributed by atoms with Crippen LogP contribution in [0.2, 0.25) is 0 Å². The number of hydrogen-bond donors (Lipinski definition) is 0. The molecule has 0 spiro atoms. The van der Waals surface area contributed by atoms with Gasteiger partial charge >= 0.3 is 0 Å². The second-order valence-corrected chi connectivity index (χ2v) is 6.84. The van der Waals surface area contributed by atoms with Crippen molar-refractivity contribution < 1.29 is 9.13 Å². The largest absolute Gasteiger partial charge is 0.489 e. The van der Waals surface area contributed by atoms with Crippen LogP contribution in [0.25, 0.3) is 10.9 Å². The molecule has 1 aromatic heterocycles. The van der Waals surface area contributed by atoms with Crippen LogP contribution in [0, 0.1) is 5.92 Å². The summed E-state index contributed by atoms with van der Waals surface area (Å²) in [6.45, 7) is 3.23. The van der Waals surface area contributed by atoms with E-state index in [2.05, 4.69) is 41.1 Å². The second kappa shape index (κ2) is 7.20. The molecular formula is C23H22FNO. The number of fused-ring (bicyclic) bond motifs is 1. The fourth-order valence-corrected chi connectivity index (χ4v) is 3.32. The predicted octanol–water partition coefficient (Wildman–Crippen LogP) is 5.69. The van der Waals surface area contributed by atoms with Gasteiger partial charge in [0.25, 0.3) is 0 Å². The SMILES string of the molecule is CC1C=C(Cn2ccc3cc(OCc4ccccc4)ccc32)C=CC1F. The highest BCUT2D eigenvalue weighted by molar-refractivity contribution is 5.81. The summed E-state index contributed by atoms with van der Waals surface area (Å²) in [4.78, 5) is 0. The van der Waals surface area contributed by atoms with Crippen LogP contribution in [0.15, 0.2) is 84.6 Å². The maximum atomic E-state index is 13.6. The minimum absolute atomic E-state index is 0.0604. The maximum absolute atomic E-state index is 13.6. The van der Waals surface area contributed by atoms with Gasteiger partial charge in [-0.3, -0.25) is 0 Å². The summed E-state index contributed by atoms with van der Waals surface area (Å²) >= 11 is 0. The Balaban J connectivity index is 1.49. The number of rotatable bonds is 5. The molecule has 0 amide bonds. The molecule has 0 aliphatic heterocycles. The Morgan fingerprint density at radius 3 is 2.73 bits per heavy atom. The lowest BCUT2D eigenvalue weighted by molar-refractivity contribution is 0.306. The van der Waals surface area contributed by atoms with Crippen LogP contribution in [0.5, 0.6) is 5.75 Å². The van der Waals surface area contributed by atoms with Crippen molar-refractivity contribution in [1.29, 1.82) is 0 Å². The van der Waals surface area contributed by atoms with E-state index in [1.165, 1.54) is 0 Å². The number of alkyl halides is 1. The lowest BCUT2D eigenvalue weighted by Crippen LogP contribution is -2.13. The molecule has 0 bridgehead atoms. The van der Waals surface area contributed by atoms with Crippen molar-refractivity contribution in [2.45, 2.75) is 26.2 Å². The number of allylic oxidation sites excluding steroid dienone is 4. The Morgan fingerprint density at radius 2 is 1.92 bits per heavy atom. The lowest BCUT2D eigenvalue weighted by Gasteiger charge is -2.17. The van der Waals surface area contributed by atoms with E-state index >= 15 is 0 Å². The molecule has 1 aliphatic carbocycles. The summed E-state index contributed by atoms with van der Waals surface area (Å²) in [5.74, 6) is 0.805. The Bertz CT molecular complexity index is 955. The lowest BCUT2D eigenvalue weighted by atomic mass is 9.96. The molecule has 26 heavy (non-hydrogen) atoms. The van der Waals surface area contributed by atoms with Crippen molar-refractivity contribution in [2.24, 2.45) is 5.92 Å². The summed E-state index contributed by atoms with van der Waals surface area (Å²) in [5, 5.41) is 1.15. The van der Waals surface area contributed by atoms with E-state index < -0.39 is 6.17 Å². The summed E-state index contributed by atoms with van der Waals surface area (Å²) in [5.41, 5.74) is 3.45. The molecule has 4 rings (SSSR count). The van der Waals surface area contributed by atoms with Crippen molar-refractivity contribution in [3.63, 3.8) is 0 Å². The van der Waals surface area contributed by atoms with E-state index in [1.807, 2.05) is 43.3 Å². The van der Waals surface area contributed by atoms with Gasteiger partial charge in [0.15, 0.2) is 0 Å². The number of hydrogen-bond acceptors (Lipinski definition) is 1. The summed E-state index contributed by atoms with van der Waals surface area (Å²) in [6, 6.07) is 18.4. The molecule has 1 heterocycles. The van der Waals surface area contributed by atoms with Gasteiger partial charge in [0, 0.05) is 29.6 Å². The summed E-state index contributed by atoms with van der Waals surface area (Å²) in [6.07, 6.45) is 6.78. The Labute approximate surface area is 153 Å². The zero-order valence-electron chi connectivity index (χ0n) is 14.8. The third kappa shape index (κ3) is 3.57. The minimum atomic E-state index is -0.871. The Hall–Kier alpha value is -2.81. The molecule has 3 heteroatoms. The number of nitrogens with zero attached hydrogens (tertiary/aromatic N) is 1. The Morgan fingerprint density at radius 1 is 1.08 bits per heavy atom. The monoisotopic (exact) mass is 347 g/mol. The summed E-state index contributed by atoms with van der Waals surface area (Å²) in [7, 11) is 0. The first-order chi connectivity index (χ1) is 12.7. The standard InChI is InChI=1S/C23H22FNO/c1-17-13-19(7-9-22(17)24)15-25-12-11-20-14-21(8-10-23(20)25)26-16-18-5-3-2-4-6-18/h2-14,17,22H,15-16H2,1H3. The fraction of sp³-hybridized carbons (Fsp3) is 0.217. The molecule has 0 saturated carbocycles. The van der Waals surface area contributed by atoms with Gasteiger partial charge in [-0.05, 0) is 41.5 Å². The van der Waals surface area contributed by atoms with E-state index in [-0.39, 0.29) is 5.92 Å². The topological polar surface area (TPSA) is 14.2 Å². The highest BCUT2D eigenvalue weighted by Crippen LogP contribution is 2.25. The molecule has 0 N–H and O–H groups in total. The van der Waals surface area contributed by atoms with Crippen LogP contribution in [0.1, 0.15) is 12.5 Å². The molecule has 2 unspecified atom stereocenters. The maximum Gasteiger partial charge on any atom is 0.125 e. The molecule has 132 valence electrons. The van der Waals surface area contributed by atoms with Crippen LogP contribution < -0.4 is 4.74 Å². The highest BCUT2D eigenvalue weighted by atomic mass is 19.1. The first kappa shape index (κ1) is 16.6. The van der Waals surface area contributed by atoms with Crippen molar-refractivity contribution >= 4 is 10.9 Å². The first-order valence-corrected chi connectivity index (χ1v) is 8.97. The van der Waals surface area contributed by atoms with Crippen LogP contribution in [0.3, 0.4) is 0 Å². The van der Waals surface area contributed by atoms with E-state index in [0.29, 0.717) is 6.61 Å². The highest BCUT2D eigenvalue weighted by Gasteiger charge is 2.15. The van der Waals surface area contributed by atoms with Crippen LogP contribution in [0.4, 0.5) is 4.39 Å². The normalized spacial score (nSPS) is 19.5. The number of benzene rings is 2. The average Bonchev–Trinajstić information content (AvgIpc) is 3.06. The van der Waals surface area contributed by atoms with Crippen LogP contribution >= 0.6 is 0 Å². The van der Waals surface area contributed by atoms with Gasteiger partial charge in [0.2, 0.25) is 0 Å². The molecule has 2 aromatic carbocycles. The van der Waals surface area contributed by atoms with E-state index in [0.717, 1.165) is 34.3 Å². The van der Waals surface area contributed by atoms with E-state index in [1.54, 1.807) is 6.08 Å². The van der Waals surface area contributed by atoms with Gasteiger partial charge in [-0.25, -0.2) is 4.39 Å². The zero-order chi connectivity index (χ0) is 17.9. The van der Waals surface area contributed by atoms with Gasteiger partial charge in [-0.2, -0.15) is 0 Å². The molecule has 2 nitrogen and oxygen atoms in total. The van der Waals surface area contributed by atoms with Crippen molar-refractivity contribution in [1.82, 2.24) is 4.57 Å². The Kier molecular flexibility index (Phi) is 4.61. The van der Waals surface area contributed by atoms with Gasteiger partial charge in [0.05, 0.1) is 0 Å². The third-order valence-corrected chi connectivity index (χ3v) is 4.82. The smallest absolute Gasteiger partial charge is 0.125 e. The van der Waals surface area contributed by atoms with Gasteiger partial charge in [-0.15, -0.1) is 0 Å².